The van der Waals surface area contributed by atoms with Gasteiger partial charge < -0.3 is 4.52 Å². The van der Waals surface area contributed by atoms with Crippen molar-refractivity contribution in [3.05, 3.63) is 52.9 Å². The molecule has 0 radical (unpaired) electrons. The molecule has 1 saturated heterocycles. The zero-order valence-corrected chi connectivity index (χ0v) is 13.0. The van der Waals surface area contributed by atoms with Crippen molar-refractivity contribution in [3.63, 3.8) is 0 Å². The molecule has 1 aromatic carbocycles. The number of benzene rings is 1. The molecular formula is C18H24N2O. The van der Waals surface area contributed by atoms with E-state index >= 15 is 0 Å². The molecule has 3 heteroatoms. The van der Waals surface area contributed by atoms with Gasteiger partial charge in [-0.05, 0) is 38.3 Å². The molecule has 21 heavy (non-hydrogen) atoms. The Kier molecular flexibility index (Phi) is 4.39. The summed E-state index contributed by atoms with van der Waals surface area (Å²) in [6, 6.07) is 11.4. The van der Waals surface area contributed by atoms with Gasteiger partial charge >= 0.3 is 0 Å². The summed E-state index contributed by atoms with van der Waals surface area (Å²) in [6.07, 6.45) is 4.51. The van der Waals surface area contributed by atoms with Gasteiger partial charge in [-0.25, -0.2) is 0 Å². The fraction of sp³-hybridized carbons (Fsp3) is 0.500. The van der Waals surface area contributed by atoms with E-state index in [1.54, 1.807) is 0 Å². The van der Waals surface area contributed by atoms with E-state index in [0.29, 0.717) is 6.04 Å². The summed E-state index contributed by atoms with van der Waals surface area (Å²) >= 11 is 0. The summed E-state index contributed by atoms with van der Waals surface area (Å²) in [5.41, 5.74) is 3.83. The third-order valence-corrected chi connectivity index (χ3v) is 4.25. The molecule has 0 bridgehead atoms. The Labute approximate surface area is 126 Å². The van der Waals surface area contributed by atoms with Gasteiger partial charge in [0.1, 0.15) is 11.5 Å². The molecule has 1 fully saturated rings. The lowest BCUT2D eigenvalue weighted by atomic mass is 10.1. The van der Waals surface area contributed by atoms with E-state index in [9.17, 15) is 0 Å². The monoisotopic (exact) mass is 284 g/mol. The van der Waals surface area contributed by atoms with Gasteiger partial charge in [-0.1, -0.05) is 41.9 Å². The maximum absolute atomic E-state index is 5.46. The summed E-state index contributed by atoms with van der Waals surface area (Å²) in [4.78, 5) is 2.53. The molecule has 0 aliphatic carbocycles. The van der Waals surface area contributed by atoms with Crippen LogP contribution in [0.25, 0.3) is 0 Å². The molecule has 1 aliphatic rings. The van der Waals surface area contributed by atoms with Gasteiger partial charge in [0.05, 0.1) is 6.04 Å². The second kappa shape index (κ2) is 6.44. The average Bonchev–Trinajstić information content (AvgIpc) is 3.08. The minimum Gasteiger partial charge on any atom is -0.361 e. The van der Waals surface area contributed by atoms with Crippen LogP contribution >= 0.6 is 0 Å². The molecule has 1 aromatic heterocycles. The summed E-state index contributed by atoms with van der Waals surface area (Å²) in [6.45, 7) is 6.47. The fourth-order valence-electron chi connectivity index (χ4n) is 3.25. The first-order valence-electron chi connectivity index (χ1n) is 8.01. The molecule has 0 unspecified atom stereocenters. The Hall–Kier alpha value is -1.61. The topological polar surface area (TPSA) is 29.3 Å². The smallest absolute Gasteiger partial charge is 0.137 e. The van der Waals surface area contributed by atoms with Crippen LogP contribution in [0.1, 0.15) is 54.8 Å². The molecule has 1 atom stereocenters. The van der Waals surface area contributed by atoms with Gasteiger partial charge in [0, 0.05) is 19.0 Å². The van der Waals surface area contributed by atoms with Crippen molar-refractivity contribution < 1.29 is 4.52 Å². The summed E-state index contributed by atoms with van der Waals surface area (Å²) in [5, 5.41) is 4.31. The minimum atomic E-state index is 0.417. The van der Waals surface area contributed by atoms with Crippen LogP contribution in [0, 0.1) is 6.92 Å². The Bertz CT molecular complexity index is 590. The third-order valence-electron chi connectivity index (χ3n) is 4.25. The third kappa shape index (κ3) is 3.35. The molecular weight excluding hydrogens is 260 g/mol. The zero-order chi connectivity index (χ0) is 14.7. The van der Waals surface area contributed by atoms with E-state index < -0.39 is 0 Å². The number of hydrogen-bond donors (Lipinski definition) is 0. The van der Waals surface area contributed by atoms with E-state index in [2.05, 4.69) is 54.2 Å². The normalized spacial score (nSPS) is 19.2. The molecule has 2 aromatic rings. The van der Waals surface area contributed by atoms with Gasteiger partial charge in [-0.3, -0.25) is 4.90 Å². The molecule has 3 rings (SSSR count). The van der Waals surface area contributed by atoms with Crippen LogP contribution in [0.2, 0.25) is 0 Å². The molecule has 0 spiro atoms. The van der Waals surface area contributed by atoms with E-state index in [4.69, 9.17) is 4.52 Å². The number of hydrogen-bond acceptors (Lipinski definition) is 3. The number of nitrogens with zero attached hydrogens (tertiary/aromatic N) is 2. The first-order chi connectivity index (χ1) is 10.3. The molecule has 0 amide bonds. The molecule has 0 saturated carbocycles. The highest BCUT2D eigenvalue weighted by molar-refractivity contribution is 5.23. The number of likely N-dealkylation sites (tertiary alicyclic amines) is 1. The van der Waals surface area contributed by atoms with Crippen molar-refractivity contribution in [1.29, 1.82) is 0 Å². The van der Waals surface area contributed by atoms with Crippen LogP contribution in [0.3, 0.4) is 0 Å². The summed E-state index contributed by atoms with van der Waals surface area (Å²) in [5.74, 6) is 1.02. The van der Waals surface area contributed by atoms with E-state index in [1.165, 1.54) is 24.0 Å². The maximum Gasteiger partial charge on any atom is 0.137 e. The van der Waals surface area contributed by atoms with Crippen molar-refractivity contribution in [1.82, 2.24) is 10.1 Å². The molecule has 112 valence electrons. The lowest BCUT2D eigenvalue weighted by molar-refractivity contribution is 0.236. The van der Waals surface area contributed by atoms with Gasteiger partial charge in [0.25, 0.3) is 0 Å². The zero-order valence-electron chi connectivity index (χ0n) is 13.0. The van der Waals surface area contributed by atoms with Crippen LogP contribution in [-0.2, 0) is 13.0 Å². The van der Waals surface area contributed by atoms with Crippen LogP contribution in [0.4, 0.5) is 0 Å². The second-order valence-corrected chi connectivity index (χ2v) is 6.09. The van der Waals surface area contributed by atoms with Gasteiger partial charge in [-0.15, -0.1) is 0 Å². The van der Waals surface area contributed by atoms with Crippen molar-refractivity contribution in [2.75, 3.05) is 6.54 Å². The van der Waals surface area contributed by atoms with E-state index in [1.807, 2.05) is 0 Å². The quantitative estimate of drug-likeness (QED) is 0.821. The molecule has 3 nitrogen and oxygen atoms in total. The van der Waals surface area contributed by atoms with Gasteiger partial charge in [0.2, 0.25) is 0 Å². The van der Waals surface area contributed by atoms with Gasteiger partial charge in [-0.2, -0.15) is 0 Å². The van der Waals surface area contributed by atoms with Crippen molar-refractivity contribution in [3.8, 4) is 0 Å². The first kappa shape index (κ1) is 14.3. The highest BCUT2D eigenvalue weighted by Gasteiger charge is 2.28. The molecule has 2 heterocycles. The molecule has 0 N–H and O–H groups in total. The standard InChI is InChI=1S/C18H24N2O/c1-3-6-16-12-17(19-21-16)18-9-5-10-20(18)13-15-8-4-7-14(2)11-15/h4,7-8,11-12,18H,3,5-6,9-10,13H2,1-2H3/t18-/m1/s1. The Morgan fingerprint density at radius 1 is 1.33 bits per heavy atom. The second-order valence-electron chi connectivity index (χ2n) is 6.09. The SMILES string of the molecule is CCCc1cc([C@H]2CCCN2Cc2cccc(C)c2)no1. The summed E-state index contributed by atoms with van der Waals surface area (Å²) in [7, 11) is 0. The van der Waals surface area contributed by atoms with E-state index in [-0.39, 0.29) is 0 Å². The Morgan fingerprint density at radius 2 is 2.24 bits per heavy atom. The lowest BCUT2D eigenvalue weighted by Crippen LogP contribution is -2.23. The minimum absolute atomic E-state index is 0.417. The van der Waals surface area contributed by atoms with Crippen molar-refractivity contribution in [2.24, 2.45) is 0 Å². The average molecular weight is 284 g/mol. The Balaban J connectivity index is 1.72. The van der Waals surface area contributed by atoms with Crippen molar-refractivity contribution >= 4 is 0 Å². The maximum atomic E-state index is 5.46. The van der Waals surface area contributed by atoms with Crippen LogP contribution < -0.4 is 0 Å². The molecule has 1 aliphatic heterocycles. The van der Waals surface area contributed by atoms with E-state index in [0.717, 1.165) is 37.4 Å². The number of aryl methyl sites for hydroxylation is 2. The van der Waals surface area contributed by atoms with Gasteiger partial charge in [0.15, 0.2) is 0 Å². The predicted molar refractivity (Wildman–Crippen MR) is 84.1 cm³/mol. The highest BCUT2D eigenvalue weighted by atomic mass is 16.5. The van der Waals surface area contributed by atoms with Crippen molar-refractivity contribution in [2.45, 2.75) is 52.1 Å². The van der Waals surface area contributed by atoms with Crippen LogP contribution in [0.5, 0.6) is 0 Å². The van der Waals surface area contributed by atoms with Crippen LogP contribution in [0.15, 0.2) is 34.9 Å². The van der Waals surface area contributed by atoms with Crippen LogP contribution in [-0.4, -0.2) is 16.6 Å². The summed E-state index contributed by atoms with van der Waals surface area (Å²) < 4.78 is 5.46. The lowest BCUT2D eigenvalue weighted by Gasteiger charge is -2.22. The Morgan fingerprint density at radius 3 is 3.05 bits per heavy atom. The largest absolute Gasteiger partial charge is 0.361 e. The fourth-order valence-corrected chi connectivity index (χ4v) is 3.25. The number of aromatic nitrogens is 1. The predicted octanol–water partition coefficient (Wildman–Crippen LogP) is 4.27. The highest BCUT2D eigenvalue weighted by Crippen LogP contribution is 2.33. The number of rotatable bonds is 5. The first-order valence-corrected chi connectivity index (χ1v) is 8.01.